The van der Waals surface area contributed by atoms with Crippen LogP contribution in [0.3, 0.4) is 0 Å². The van der Waals surface area contributed by atoms with E-state index in [-0.39, 0.29) is 22.6 Å². The molecule has 4 heteroatoms. The minimum atomic E-state index is -0.351. The number of carbonyl (C=O) groups excluding carboxylic acids is 2. The first-order valence-corrected chi connectivity index (χ1v) is 8.13. The predicted octanol–water partition coefficient (Wildman–Crippen LogP) is 4.26. The number of ketones is 1. The van der Waals surface area contributed by atoms with Crippen molar-refractivity contribution in [3.63, 3.8) is 0 Å². The van der Waals surface area contributed by atoms with Crippen molar-refractivity contribution in [1.29, 1.82) is 0 Å². The van der Waals surface area contributed by atoms with Gasteiger partial charge in [-0.05, 0) is 17.9 Å². The second-order valence-corrected chi connectivity index (χ2v) is 7.31. The van der Waals surface area contributed by atoms with E-state index in [0.717, 1.165) is 5.56 Å². The van der Waals surface area contributed by atoms with Gasteiger partial charge in [-0.2, -0.15) is 0 Å². The van der Waals surface area contributed by atoms with Crippen LogP contribution in [0.4, 0.5) is 0 Å². The maximum absolute atomic E-state index is 11.2. The van der Waals surface area contributed by atoms with E-state index in [2.05, 4.69) is 32.9 Å². The van der Waals surface area contributed by atoms with Crippen LogP contribution in [0.2, 0.25) is 0 Å². The van der Waals surface area contributed by atoms with Crippen LogP contribution in [0.25, 0.3) is 0 Å². The van der Waals surface area contributed by atoms with Crippen molar-refractivity contribution >= 4 is 23.5 Å². The third-order valence-electron chi connectivity index (χ3n) is 3.05. The Hall–Kier alpha value is -1.29. The van der Waals surface area contributed by atoms with Crippen molar-refractivity contribution in [3.05, 3.63) is 35.4 Å². The van der Waals surface area contributed by atoms with Crippen molar-refractivity contribution < 1.29 is 14.3 Å². The van der Waals surface area contributed by atoms with Crippen LogP contribution in [0.15, 0.2) is 24.3 Å². The zero-order chi connectivity index (χ0) is 16.0. The van der Waals surface area contributed by atoms with Gasteiger partial charge in [0.1, 0.15) is 5.78 Å². The van der Waals surface area contributed by atoms with E-state index in [1.54, 1.807) is 6.92 Å². The maximum atomic E-state index is 11.2. The normalized spacial score (nSPS) is 12.8. The molecule has 0 aliphatic carbocycles. The first-order chi connectivity index (χ1) is 9.70. The van der Waals surface area contributed by atoms with Gasteiger partial charge in [0.05, 0.1) is 0 Å². The molecule has 1 aromatic carbocycles. The molecule has 0 fully saturated rings. The Morgan fingerprint density at radius 3 is 2.14 bits per heavy atom. The van der Waals surface area contributed by atoms with Crippen LogP contribution in [0.5, 0.6) is 0 Å². The minimum Gasteiger partial charge on any atom is -0.446 e. The zero-order valence-electron chi connectivity index (χ0n) is 13.4. The Bertz CT molecular complexity index is 486. The summed E-state index contributed by atoms with van der Waals surface area (Å²) in [6.45, 7) is 9.45. The van der Waals surface area contributed by atoms with E-state index >= 15 is 0 Å². The third kappa shape index (κ3) is 6.34. The Morgan fingerprint density at radius 1 is 1.14 bits per heavy atom. The van der Waals surface area contributed by atoms with Gasteiger partial charge in [-0.15, -0.1) is 11.8 Å². The molecule has 0 saturated heterocycles. The summed E-state index contributed by atoms with van der Waals surface area (Å²) in [5, 5.41) is 0. The minimum absolute atomic E-state index is 0.0945. The second kappa shape index (κ2) is 7.64. The lowest BCUT2D eigenvalue weighted by Crippen LogP contribution is -2.12. The molecule has 0 heterocycles. The molecule has 0 N–H and O–H groups in total. The summed E-state index contributed by atoms with van der Waals surface area (Å²) in [4.78, 5) is 22.3. The lowest BCUT2D eigenvalue weighted by atomic mass is 9.87. The fourth-order valence-electron chi connectivity index (χ4n) is 1.80. The molecular weight excluding hydrogens is 284 g/mol. The number of Topliss-reactive ketones (excluding diaryl/α,β-unsaturated/α-hetero) is 1. The second-order valence-electron chi connectivity index (χ2n) is 6.14. The molecule has 1 rings (SSSR count). The molecule has 0 amide bonds. The molecule has 21 heavy (non-hydrogen) atoms. The zero-order valence-corrected chi connectivity index (χ0v) is 14.3. The van der Waals surface area contributed by atoms with E-state index in [4.69, 9.17) is 4.74 Å². The number of hydrogen-bond donors (Lipinski definition) is 0. The van der Waals surface area contributed by atoms with Gasteiger partial charge in [-0.1, -0.05) is 45.0 Å². The first-order valence-electron chi connectivity index (χ1n) is 7.09. The van der Waals surface area contributed by atoms with Crippen molar-refractivity contribution in [2.75, 3.05) is 5.75 Å². The largest absolute Gasteiger partial charge is 0.446 e. The fraction of sp³-hybridized carbons (Fsp3) is 0.529. The maximum Gasteiger partial charge on any atom is 0.304 e. The number of rotatable bonds is 6. The summed E-state index contributed by atoms with van der Waals surface area (Å²) < 4.78 is 5.36. The molecule has 0 bridgehead atoms. The van der Waals surface area contributed by atoms with Gasteiger partial charge in [0.15, 0.2) is 5.44 Å². The molecule has 0 aliphatic heterocycles. The van der Waals surface area contributed by atoms with E-state index in [1.807, 2.05) is 12.1 Å². The smallest absolute Gasteiger partial charge is 0.304 e. The highest BCUT2D eigenvalue weighted by Crippen LogP contribution is 2.32. The highest BCUT2D eigenvalue weighted by Gasteiger charge is 2.18. The number of benzene rings is 1. The predicted molar refractivity (Wildman–Crippen MR) is 87.4 cm³/mol. The van der Waals surface area contributed by atoms with Crippen molar-refractivity contribution in [2.24, 2.45) is 0 Å². The molecule has 0 saturated carbocycles. The summed E-state index contributed by atoms with van der Waals surface area (Å²) in [5.74, 6) is 0.483. The lowest BCUT2D eigenvalue weighted by Gasteiger charge is -2.21. The molecule has 0 radical (unpaired) electrons. The van der Waals surface area contributed by atoms with Gasteiger partial charge in [0, 0.05) is 24.7 Å². The molecule has 3 nitrogen and oxygen atoms in total. The van der Waals surface area contributed by atoms with E-state index < -0.39 is 0 Å². The SMILES string of the molecule is CC(=O)CCSC(OC(C)=O)c1ccc(C(C)(C)C)cc1. The average Bonchev–Trinajstić information content (AvgIpc) is 2.36. The fourth-order valence-corrected chi connectivity index (χ4v) is 2.97. The quantitative estimate of drug-likeness (QED) is 0.582. The molecule has 1 unspecified atom stereocenters. The standard InChI is InChI=1S/C17H24O3S/c1-12(18)10-11-21-16(20-13(2)19)14-6-8-15(9-7-14)17(3,4)5/h6-9,16H,10-11H2,1-5H3. The van der Waals surface area contributed by atoms with Crippen LogP contribution < -0.4 is 0 Å². The Labute approximate surface area is 131 Å². The lowest BCUT2D eigenvalue weighted by molar-refractivity contribution is -0.142. The van der Waals surface area contributed by atoms with Gasteiger partial charge >= 0.3 is 5.97 Å². The highest BCUT2D eigenvalue weighted by atomic mass is 32.2. The number of carbonyl (C=O) groups is 2. The summed E-state index contributed by atoms with van der Waals surface area (Å²) in [5.41, 5.74) is 1.93. The van der Waals surface area contributed by atoms with Crippen molar-refractivity contribution in [1.82, 2.24) is 0 Å². The van der Waals surface area contributed by atoms with E-state index in [0.29, 0.717) is 12.2 Å². The van der Waals surface area contributed by atoms with Gasteiger partial charge in [0.2, 0.25) is 0 Å². The summed E-state index contributed by atoms with van der Waals surface area (Å²) in [6, 6.07) is 8.12. The Kier molecular flexibility index (Phi) is 6.46. The topological polar surface area (TPSA) is 43.4 Å². The van der Waals surface area contributed by atoms with Crippen molar-refractivity contribution in [3.8, 4) is 0 Å². The molecule has 0 spiro atoms. The molecule has 1 atom stereocenters. The Balaban J connectivity index is 2.82. The number of ether oxygens (including phenoxy) is 1. The van der Waals surface area contributed by atoms with Gasteiger partial charge in [-0.25, -0.2) is 0 Å². The molecule has 0 aromatic heterocycles. The van der Waals surface area contributed by atoms with Crippen LogP contribution >= 0.6 is 11.8 Å². The van der Waals surface area contributed by atoms with Crippen LogP contribution in [0.1, 0.15) is 57.6 Å². The summed E-state index contributed by atoms with van der Waals surface area (Å²) >= 11 is 1.48. The van der Waals surface area contributed by atoms with Crippen LogP contribution in [-0.2, 0) is 19.7 Å². The monoisotopic (exact) mass is 308 g/mol. The molecule has 116 valence electrons. The average molecular weight is 308 g/mol. The highest BCUT2D eigenvalue weighted by molar-refractivity contribution is 7.99. The van der Waals surface area contributed by atoms with E-state index in [1.165, 1.54) is 24.2 Å². The summed E-state index contributed by atoms with van der Waals surface area (Å²) in [7, 11) is 0. The number of hydrogen-bond acceptors (Lipinski definition) is 4. The van der Waals surface area contributed by atoms with E-state index in [9.17, 15) is 9.59 Å². The third-order valence-corrected chi connectivity index (χ3v) is 4.16. The number of esters is 1. The van der Waals surface area contributed by atoms with Gasteiger partial charge in [-0.3, -0.25) is 9.59 Å². The van der Waals surface area contributed by atoms with Crippen molar-refractivity contribution in [2.45, 2.75) is 51.9 Å². The first kappa shape index (κ1) is 17.8. The van der Waals surface area contributed by atoms with Gasteiger partial charge in [0.25, 0.3) is 0 Å². The molecular formula is C17H24O3S. The number of thioether (sulfide) groups is 1. The summed E-state index contributed by atoms with van der Waals surface area (Å²) in [6.07, 6.45) is 0.489. The van der Waals surface area contributed by atoms with Crippen LogP contribution in [0, 0.1) is 0 Å². The van der Waals surface area contributed by atoms with Gasteiger partial charge < -0.3 is 4.74 Å². The Morgan fingerprint density at radius 2 is 1.71 bits per heavy atom. The van der Waals surface area contributed by atoms with Crippen LogP contribution in [-0.4, -0.2) is 17.5 Å². The molecule has 0 aliphatic rings. The molecule has 1 aromatic rings.